The molecule has 0 saturated carbocycles. The molecule has 2 aromatic carbocycles. The molecule has 1 saturated heterocycles. The molecule has 12 heteroatoms. The van der Waals surface area contributed by atoms with Crippen molar-refractivity contribution < 1.29 is 35.3 Å². The number of rotatable bonds is 11. The summed E-state index contributed by atoms with van der Waals surface area (Å²) in [6, 6.07) is 20.5. The molecule has 1 aliphatic heterocycles. The van der Waals surface area contributed by atoms with E-state index in [1.807, 2.05) is 36.4 Å². The third-order valence-electron chi connectivity index (χ3n) is 7.79. The minimum absolute atomic E-state index is 0.253. The van der Waals surface area contributed by atoms with Crippen LogP contribution in [-0.4, -0.2) is 62.3 Å². The van der Waals surface area contributed by atoms with Crippen LogP contribution >= 0.6 is 23.5 Å². The van der Waals surface area contributed by atoms with Gasteiger partial charge in [-0.25, -0.2) is 0 Å². The minimum Gasteiger partial charge on any atom is -0.407 e. The summed E-state index contributed by atoms with van der Waals surface area (Å²) in [6.07, 6.45) is -0.498. The molecule has 230 valence electrons. The maximum absolute atomic E-state index is 12.9. The predicted molar refractivity (Wildman–Crippen MR) is 166 cm³/mol. The Morgan fingerprint density at radius 1 is 0.927 bits per heavy atom. The first-order chi connectivity index (χ1) is 18.9. The third-order valence-corrected chi connectivity index (χ3v) is 18.2. The summed E-state index contributed by atoms with van der Waals surface area (Å²) in [4.78, 5) is 0. The molecule has 2 unspecified atom stereocenters. The molecule has 0 radical (unpaired) electrons. The second-order valence-electron chi connectivity index (χ2n) is 12.1. The van der Waals surface area contributed by atoms with Gasteiger partial charge >= 0.3 is 15.6 Å². The highest BCUT2D eigenvalue weighted by Crippen LogP contribution is 2.59. The zero-order valence-electron chi connectivity index (χ0n) is 24.4. The molecule has 0 spiro atoms. The molecular formula is C29H41F3O5S3Si. The Kier molecular flexibility index (Phi) is 10.9. The Morgan fingerprint density at radius 3 is 1.80 bits per heavy atom. The maximum Gasteiger partial charge on any atom is 0.523 e. The maximum atomic E-state index is 12.9. The number of benzene rings is 2. The number of aliphatic hydroxyl groups is 1. The van der Waals surface area contributed by atoms with Gasteiger partial charge in [0.15, 0.2) is 0 Å². The summed E-state index contributed by atoms with van der Waals surface area (Å²) in [7, 11) is -8.70. The molecule has 1 aliphatic rings. The number of aliphatic hydroxyl groups excluding tert-OH is 1. The van der Waals surface area contributed by atoms with Crippen molar-refractivity contribution in [3.63, 3.8) is 0 Å². The fraction of sp³-hybridized carbons (Fsp3) is 0.586. The van der Waals surface area contributed by atoms with Crippen molar-refractivity contribution in [2.45, 2.75) is 68.7 Å². The predicted octanol–water partition coefficient (Wildman–Crippen LogP) is 6.02. The Morgan fingerprint density at radius 2 is 1.39 bits per heavy atom. The van der Waals surface area contributed by atoms with E-state index in [1.54, 1.807) is 30.4 Å². The Bertz CT molecular complexity index is 1190. The first kappa shape index (κ1) is 34.5. The largest absolute Gasteiger partial charge is 0.523 e. The fourth-order valence-electron chi connectivity index (χ4n) is 5.59. The second-order valence-corrected chi connectivity index (χ2v) is 20.9. The lowest BCUT2D eigenvalue weighted by Crippen LogP contribution is -2.68. The van der Waals surface area contributed by atoms with Crippen LogP contribution in [-0.2, 0) is 18.7 Å². The lowest BCUT2D eigenvalue weighted by atomic mass is 9.80. The van der Waals surface area contributed by atoms with Crippen LogP contribution < -0.4 is 10.4 Å². The number of hydrogen-bond acceptors (Lipinski definition) is 7. The van der Waals surface area contributed by atoms with Gasteiger partial charge in [0.05, 0.1) is 16.8 Å². The van der Waals surface area contributed by atoms with Gasteiger partial charge < -0.3 is 9.53 Å². The molecule has 1 heterocycles. The molecule has 3 rings (SSSR count). The SMILES string of the molecule is CC(C(O)COS(=O)(=O)C(F)(F)F)C1(C(C)(C)CO[Si](c2ccccc2)(c2ccccc2)C(C)(C)C)SCCCS1. The molecule has 1 fully saturated rings. The molecule has 5 nitrogen and oxygen atoms in total. The van der Waals surface area contributed by atoms with Gasteiger partial charge in [0.2, 0.25) is 0 Å². The zero-order valence-corrected chi connectivity index (χ0v) is 27.9. The van der Waals surface area contributed by atoms with Gasteiger partial charge in [-0.15, -0.1) is 23.5 Å². The van der Waals surface area contributed by atoms with Crippen LogP contribution in [0.5, 0.6) is 0 Å². The summed E-state index contributed by atoms with van der Waals surface area (Å²) in [5.74, 6) is 0.988. The van der Waals surface area contributed by atoms with Gasteiger partial charge in [-0.1, -0.05) is 102 Å². The third kappa shape index (κ3) is 7.04. The topological polar surface area (TPSA) is 72.8 Å². The van der Waals surface area contributed by atoms with Gasteiger partial charge in [0, 0.05) is 17.9 Å². The standard InChI is InChI=1S/C29H41F3O5S3Si/c1-22(25(33)20-36-40(34,35)29(30,31)32)28(38-18-13-19-39-28)27(5,6)21-37-41(26(2,3)4,23-14-9-7-10-15-23)24-16-11-8-12-17-24/h7-12,14-17,22,25,33H,13,18-21H2,1-6H3. The molecular weight excluding hydrogens is 610 g/mol. The number of hydrogen-bond donors (Lipinski definition) is 1. The van der Waals surface area contributed by atoms with Crippen LogP contribution in [0.15, 0.2) is 60.7 Å². The van der Waals surface area contributed by atoms with Crippen LogP contribution in [0, 0.1) is 11.3 Å². The summed E-state index contributed by atoms with van der Waals surface area (Å²) < 4.78 is 72.5. The van der Waals surface area contributed by atoms with Crippen molar-refractivity contribution in [3.05, 3.63) is 60.7 Å². The smallest absolute Gasteiger partial charge is 0.407 e. The zero-order chi connectivity index (χ0) is 30.7. The lowest BCUT2D eigenvalue weighted by Gasteiger charge is -2.54. The van der Waals surface area contributed by atoms with Crippen molar-refractivity contribution in [3.8, 4) is 0 Å². The minimum atomic E-state index is -5.81. The van der Waals surface area contributed by atoms with Crippen molar-refractivity contribution in [1.29, 1.82) is 0 Å². The molecule has 2 aromatic rings. The first-order valence-corrected chi connectivity index (χ1v) is 18.9. The summed E-state index contributed by atoms with van der Waals surface area (Å²) >= 11 is 3.31. The monoisotopic (exact) mass is 650 g/mol. The number of halogens is 3. The van der Waals surface area contributed by atoms with Gasteiger partial charge in [-0.2, -0.15) is 21.6 Å². The summed E-state index contributed by atoms with van der Waals surface area (Å²) in [6.45, 7) is 11.8. The average Bonchev–Trinajstić information content (AvgIpc) is 2.91. The highest BCUT2D eigenvalue weighted by atomic mass is 32.2. The molecule has 1 N–H and O–H groups in total. The average molecular weight is 651 g/mol. The van der Waals surface area contributed by atoms with E-state index in [4.69, 9.17) is 4.43 Å². The second kappa shape index (κ2) is 12.9. The van der Waals surface area contributed by atoms with Crippen molar-refractivity contribution >= 4 is 52.3 Å². The van der Waals surface area contributed by atoms with E-state index in [9.17, 15) is 26.7 Å². The quantitative estimate of drug-likeness (QED) is 0.181. The van der Waals surface area contributed by atoms with Crippen LogP contribution in [0.1, 0.15) is 48.0 Å². The lowest BCUT2D eigenvalue weighted by molar-refractivity contribution is -0.0582. The van der Waals surface area contributed by atoms with E-state index >= 15 is 0 Å². The van der Waals surface area contributed by atoms with E-state index in [2.05, 4.69) is 63.1 Å². The summed E-state index contributed by atoms with van der Waals surface area (Å²) in [5, 5.41) is 13.0. The van der Waals surface area contributed by atoms with E-state index in [0.29, 0.717) is 6.61 Å². The number of alkyl halides is 3. The van der Waals surface area contributed by atoms with Gasteiger partial charge in [-0.05, 0) is 33.3 Å². The molecule has 41 heavy (non-hydrogen) atoms. The summed E-state index contributed by atoms with van der Waals surface area (Å²) in [5.41, 5.74) is -6.13. The van der Waals surface area contributed by atoms with E-state index < -0.39 is 52.1 Å². The molecule has 0 aromatic heterocycles. The van der Waals surface area contributed by atoms with E-state index in [-0.39, 0.29) is 5.04 Å². The van der Waals surface area contributed by atoms with Crippen molar-refractivity contribution in [2.24, 2.45) is 11.3 Å². The highest BCUT2D eigenvalue weighted by molar-refractivity contribution is 8.18. The Balaban J connectivity index is 2.00. The van der Waals surface area contributed by atoms with Crippen LogP contribution in [0.25, 0.3) is 0 Å². The molecule has 0 aliphatic carbocycles. The van der Waals surface area contributed by atoms with Crippen molar-refractivity contribution in [2.75, 3.05) is 24.7 Å². The molecule has 2 atom stereocenters. The van der Waals surface area contributed by atoms with Crippen LogP contribution in [0.2, 0.25) is 5.04 Å². The van der Waals surface area contributed by atoms with Crippen LogP contribution in [0.3, 0.4) is 0 Å². The number of thioether (sulfide) groups is 2. The van der Waals surface area contributed by atoms with E-state index in [1.165, 1.54) is 0 Å². The van der Waals surface area contributed by atoms with Gasteiger partial charge in [-0.3, -0.25) is 4.18 Å². The fourth-order valence-corrected chi connectivity index (χ4v) is 14.7. The normalized spacial score (nSPS) is 18.6. The first-order valence-electron chi connectivity index (χ1n) is 13.6. The van der Waals surface area contributed by atoms with Crippen LogP contribution in [0.4, 0.5) is 13.2 Å². The van der Waals surface area contributed by atoms with E-state index in [0.717, 1.165) is 28.3 Å². The molecule has 0 bridgehead atoms. The Hall–Kier alpha value is -1.02. The van der Waals surface area contributed by atoms with Gasteiger partial charge in [0.1, 0.15) is 0 Å². The highest BCUT2D eigenvalue weighted by Gasteiger charge is 2.57. The Labute approximate surface area is 252 Å². The van der Waals surface area contributed by atoms with Gasteiger partial charge in [0.25, 0.3) is 8.32 Å². The van der Waals surface area contributed by atoms with Crippen molar-refractivity contribution in [1.82, 2.24) is 0 Å². The molecule has 0 amide bonds.